The summed E-state index contributed by atoms with van der Waals surface area (Å²) >= 11 is 11.9. The molecule has 1 amide bonds. The Morgan fingerprint density at radius 1 is 1.10 bits per heavy atom. The van der Waals surface area contributed by atoms with Crippen LogP contribution >= 0.6 is 23.2 Å². The van der Waals surface area contributed by atoms with Crippen LogP contribution in [0.25, 0.3) is 0 Å². The zero-order chi connectivity index (χ0) is 21.7. The number of hydrogen-bond donors (Lipinski definition) is 1. The molecule has 1 saturated heterocycles. The van der Waals surface area contributed by atoms with Gasteiger partial charge in [0.2, 0.25) is 10.0 Å². The highest BCUT2D eigenvalue weighted by atomic mass is 35.5. The lowest BCUT2D eigenvalue weighted by molar-refractivity contribution is -0.122. The Hall–Kier alpha value is -1.97. The number of nitrogens with zero attached hydrogens (tertiary/aromatic N) is 3. The van der Waals surface area contributed by atoms with Gasteiger partial charge in [-0.2, -0.15) is 9.41 Å². The number of carbonyl (C=O) groups is 1. The molecule has 0 radical (unpaired) electrons. The molecule has 0 atom stereocenters. The van der Waals surface area contributed by atoms with Crippen LogP contribution in [0.3, 0.4) is 0 Å². The summed E-state index contributed by atoms with van der Waals surface area (Å²) in [6.07, 6.45) is 1.45. The Bertz CT molecular complexity index is 1030. The second-order valence-corrected chi connectivity index (χ2v) is 9.73. The molecule has 0 spiro atoms. The SMILES string of the molecule is Cc1ccc(S(=O)(=O)N2CCN(CC(=O)N/N=C\c3ccc(Cl)cc3Cl)CC2)cc1. The smallest absolute Gasteiger partial charge is 0.254 e. The molecule has 0 aliphatic carbocycles. The van der Waals surface area contributed by atoms with E-state index in [1.54, 1.807) is 42.5 Å². The van der Waals surface area contributed by atoms with E-state index in [0.29, 0.717) is 41.8 Å². The van der Waals surface area contributed by atoms with Gasteiger partial charge in [-0.15, -0.1) is 0 Å². The molecule has 0 saturated carbocycles. The minimum atomic E-state index is -3.52. The van der Waals surface area contributed by atoms with Crippen molar-refractivity contribution in [1.29, 1.82) is 0 Å². The van der Waals surface area contributed by atoms with Crippen LogP contribution in [-0.2, 0) is 14.8 Å². The van der Waals surface area contributed by atoms with E-state index in [1.165, 1.54) is 10.5 Å². The molecule has 2 aromatic carbocycles. The van der Waals surface area contributed by atoms with E-state index in [4.69, 9.17) is 23.2 Å². The first kappa shape index (κ1) is 22.7. The topological polar surface area (TPSA) is 82.1 Å². The van der Waals surface area contributed by atoms with E-state index < -0.39 is 10.0 Å². The van der Waals surface area contributed by atoms with E-state index in [-0.39, 0.29) is 17.3 Å². The highest BCUT2D eigenvalue weighted by Crippen LogP contribution is 2.20. The van der Waals surface area contributed by atoms with Crippen LogP contribution in [-0.4, -0.2) is 62.5 Å². The highest BCUT2D eigenvalue weighted by Gasteiger charge is 2.28. The van der Waals surface area contributed by atoms with Crippen molar-refractivity contribution < 1.29 is 13.2 Å². The lowest BCUT2D eigenvalue weighted by Crippen LogP contribution is -2.50. The Morgan fingerprint density at radius 3 is 2.40 bits per heavy atom. The number of benzene rings is 2. The number of piperazine rings is 1. The van der Waals surface area contributed by atoms with E-state index in [2.05, 4.69) is 10.5 Å². The van der Waals surface area contributed by atoms with Gasteiger partial charge in [0.15, 0.2) is 0 Å². The summed E-state index contributed by atoms with van der Waals surface area (Å²) in [4.78, 5) is 14.3. The van der Waals surface area contributed by atoms with Gasteiger partial charge in [-0.25, -0.2) is 13.8 Å². The minimum absolute atomic E-state index is 0.129. The van der Waals surface area contributed by atoms with Gasteiger partial charge in [-0.1, -0.05) is 47.0 Å². The highest BCUT2D eigenvalue weighted by molar-refractivity contribution is 7.89. The van der Waals surface area contributed by atoms with Crippen molar-refractivity contribution in [3.8, 4) is 0 Å². The summed E-state index contributed by atoms with van der Waals surface area (Å²) in [6.45, 7) is 3.62. The molecule has 30 heavy (non-hydrogen) atoms. The largest absolute Gasteiger partial charge is 0.292 e. The van der Waals surface area contributed by atoms with Crippen LogP contribution in [0.1, 0.15) is 11.1 Å². The number of hydrazone groups is 1. The number of sulfonamides is 1. The van der Waals surface area contributed by atoms with E-state index in [0.717, 1.165) is 5.56 Å². The third kappa shape index (κ3) is 5.80. The molecule has 0 aromatic heterocycles. The maximum absolute atomic E-state index is 12.7. The van der Waals surface area contributed by atoms with Crippen molar-refractivity contribution in [2.75, 3.05) is 32.7 Å². The van der Waals surface area contributed by atoms with Crippen LogP contribution in [0.15, 0.2) is 52.5 Å². The molecule has 1 aliphatic heterocycles. The zero-order valence-corrected chi connectivity index (χ0v) is 18.7. The molecular formula is C20H22Cl2N4O3S. The van der Waals surface area contributed by atoms with E-state index in [9.17, 15) is 13.2 Å². The molecule has 3 rings (SSSR count). The number of carbonyl (C=O) groups excluding carboxylic acids is 1. The van der Waals surface area contributed by atoms with Gasteiger partial charge < -0.3 is 0 Å². The van der Waals surface area contributed by atoms with E-state index >= 15 is 0 Å². The van der Waals surface area contributed by atoms with Crippen LogP contribution < -0.4 is 5.43 Å². The van der Waals surface area contributed by atoms with Gasteiger partial charge in [-0.3, -0.25) is 9.69 Å². The van der Waals surface area contributed by atoms with E-state index in [1.807, 2.05) is 11.8 Å². The third-order valence-electron chi connectivity index (χ3n) is 4.71. The fourth-order valence-corrected chi connectivity index (χ4v) is 4.89. The maximum atomic E-state index is 12.7. The van der Waals surface area contributed by atoms with Gasteiger partial charge in [-0.05, 0) is 31.2 Å². The van der Waals surface area contributed by atoms with Gasteiger partial charge in [0, 0.05) is 36.8 Å². The van der Waals surface area contributed by atoms with Gasteiger partial charge >= 0.3 is 0 Å². The molecule has 0 bridgehead atoms. The average molecular weight is 469 g/mol. The second-order valence-electron chi connectivity index (χ2n) is 6.95. The molecule has 10 heteroatoms. The van der Waals surface area contributed by atoms with Gasteiger partial charge in [0.1, 0.15) is 0 Å². The summed E-state index contributed by atoms with van der Waals surface area (Å²) in [5.41, 5.74) is 4.10. The minimum Gasteiger partial charge on any atom is -0.292 e. The molecule has 2 aromatic rings. The van der Waals surface area contributed by atoms with Crippen molar-refractivity contribution in [2.45, 2.75) is 11.8 Å². The Morgan fingerprint density at radius 2 is 1.77 bits per heavy atom. The molecule has 1 N–H and O–H groups in total. The first-order valence-electron chi connectivity index (χ1n) is 9.32. The number of nitrogens with one attached hydrogen (secondary N) is 1. The number of halogens is 2. The standard InChI is InChI=1S/C20H22Cl2N4O3S/c1-15-2-6-18(7-3-15)30(28,29)26-10-8-25(9-11-26)14-20(27)24-23-13-16-4-5-17(21)12-19(16)22/h2-7,12-13H,8-11,14H2,1H3,(H,24,27)/b23-13-. The molecule has 1 heterocycles. The van der Waals surface area contributed by atoms with Crippen molar-refractivity contribution >= 4 is 45.3 Å². The predicted molar refractivity (Wildman–Crippen MR) is 119 cm³/mol. The average Bonchev–Trinajstić information content (AvgIpc) is 2.70. The fourth-order valence-electron chi connectivity index (χ4n) is 3.01. The monoisotopic (exact) mass is 468 g/mol. The number of amides is 1. The van der Waals surface area contributed by atoms with Crippen LogP contribution in [0.4, 0.5) is 0 Å². The van der Waals surface area contributed by atoms with Crippen molar-refractivity contribution in [3.63, 3.8) is 0 Å². The quantitative estimate of drug-likeness (QED) is 0.521. The van der Waals surface area contributed by atoms with Crippen molar-refractivity contribution in [3.05, 3.63) is 63.6 Å². The first-order valence-corrected chi connectivity index (χ1v) is 11.5. The number of rotatable bonds is 6. The molecule has 0 unspecified atom stereocenters. The van der Waals surface area contributed by atoms with Crippen molar-refractivity contribution in [1.82, 2.24) is 14.6 Å². The first-order chi connectivity index (χ1) is 14.3. The number of hydrogen-bond acceptors (Lipinski definition) is 5. The predicted octanol–water partition coefficient (Wildman–Crippen LogP) is 2.76. The zero-order valence-electron chi connectivity index (χ0n) is 16.4. The summed E-state index contributed by atoms with van der Waals surface area (Å²) in [6, 6.07) is 11.8. The fraction of sp³-hybridized carbons (Fsp3) is 0.300. The normalized spacial score (nSPS) is 16.1. The summed E-state index contributed by atoms with van der Waals surface area (Å²) in [5.74, 6) is -0.286. The Labute approximate surface area is 186 Å². The maximum Gasteiger partial charge on any atom is 0.254 e. The van der Waals surface area contributed by atoms with Gasteiger partial charge in [0.25, 0.3) is 5.91 Å². The lowest BCUT2D eigenvalue weighted by atomic mass is 10.2. The second kappa shape index (κ2) is 9.89. The summed E-state index contributed by atoms with van der Waals surface area (Å²) < 4.78 is 26.9. The molecule has 160 valence electrons. The molecular weight excluding hydrogens is 447 g/mol. The number of aryl methyl sites for hydroxylation is 1. The van der Waals surface area contributed by atoms with Gasteiger partial charge in [0.05, 0.1) is 22.7 Å². The Kier molecular flexibility index (Phi) is 7.49. The summed E-state index contributed by atoms with van der Waals surface area (Å²) in [5, 5.41) is 4.87. The summed E-state index contributed by atoms with van der Waals surface area (Å²) in [7, 11) is -3.52. The molecule has 1 aliphatic rings. The lowest BCUT2D eigenvalue weighted by Gasteiger charge is -2.33. The third-order valence-corrected chi connectivity index (χ3v) is 7.19. The van der Waals surface area contributed by atoms with Crippen LogP contribution in [0.5, 0.6) is 0 Å². The molecule has 7 nitrogen and oxygen atoms in total. The van der Waals surface area contributed by atoms with Crippen molar-refractivity contribution in [2.24, 2.45) is 5.10 Å². The van der Waals surface area contributed by atoms with Crippen LogP contribution in [0, 0.1) is 6.92 Å². The molecule has 1 fully saturated rings. The Balaban J connectivity index is 1.48. The van der Waals surface area contributed by atoms with Crippen LogP contribution in [0.2, 0.25) is 10.0 Å².